The van der Waals surface area contributed by atoms with E-state index in [9.17, 15) is 9.90 Å². The summed E-state index contributed by atoms with van der Waals surface area (Å²) in [6.45, 7) is 14.1. The van der Waals surface area contributed by atoms with Crippen LogP contribution in [0.25, 0.3) is 0 Å². The van der Waals surface area contributed by atoms with Crippen molar-refractivity contribution >= 4 is 6.09 Å². The van der Waals surface area contributed by atoms with E-state index in [1.807, 2.05) is 34.6 Å². The van der Waals surface area contributed by atoms with Gasteiger partial charge in [-0.1, -0.05) is 103 Å². The topological polar surface area (TPSA) is 59.0 Å². The van der Waals surface area contributed by atoms with Crippen LogP contribution in [0.15, 0.2) is 0 Å². The molecular weight excluding hydrogens is 450 g/mol. The van der Waals surface area contributed by atoms with E-state index in [0.29, 0.717) is 0 Å². The Morgan fingerprint density at radius 2 is 1.53 bits per heavy atom. The van der Waals surface area contributed by atoms with Gasteiger partial charge in [-0.25, -0.2) is 4.79 Å². The van der Waals surface area contributed by atoms with Crippen molar-refractivity contribution in [1.29, 1.82) is 0 Å². The van der Waals surface area contributed by atoms with Crippen molar-refractivity contribution in [2.45, 2.75) is 168 Å². The molecule has 3 atom stereocenters. The molecule has 1 N–H and O–H groups in total. The van der Waals surface area contributed by atoms with Crippen molar-refractivity contribution in [1.82, 2.24) is 4.90 Å². The van der Waals surface area contributed by atoms with Gasteiger partial charge < -0.3 is 14.6 Å². The van der Waals surface area contributed by atoms with Crippen molar-refractivity contribution in [2.24, 2.45) is 5.92 Å². The number of aliphatic hydroxyl groups excluding tert-OH is 1. The Balaban J connectivity index is 2.15. The minimum absolute atomic E-state index is 0.250. The van der Waals surface area contributed by atoms with Gasteiger partial charge in [0.05, 0.1) is 12.6 Å². The van der Waals surface area contributed by atoms with Gasteiger partial charge in [0.15, 0.2) is 0 Å². The minimum atomic E-state index is -0.946. The summed E-state index contributed by atoms with van der Waals surface area (Å²) in [5, 5.41) is 10.6. The summed E-state index contributed by atoms with van der Waals surface area (Å²) < 4.78 is 11.3. The number of carbonyl (C=O) groups is 1. The van der Waals surface area contributed by atoms with Crippen LogP contribution in [-0.4, -0.2) is 46.2 Å². The predicted molar refractivity (Wildman–Crippen MR) is 150 cm³/mol. The third-order valence-corrected chi connectivity index (χ3v) is 7.02. The third-order valence-electron chi connectivity index (χ3n) is 7.02. The lowest BCUT2D eigenvalue weighted by molar-refractivity contribution is -0.0658. The number of amides is 1. The Bertz CT molecular complexity index is 658. The highest BCUT2D eigenvalue weighted by Crippen LogP contribution is 2.31. The zero-order valence-corrected chi connectivity index (χ0v) is 24.7. The molecule has 0 aromatic rings. The second-order valence-electron chi connectivity index (χ2n) is 12.3. The highest BCUT2D eigenvalue weighted by atomic mass is 16.6. The summed E-state index contributed by atoms with van der Waals surface area (Å²) in [4.78, 5) is 14.2. The first-order chi connectivity index (χ1) is 17.0. The van der Waals surface area contributed by atoms with Crippen LogP contribution < -0.4 is 0 Å². The molecular formula is C31H57NO4. The highest BCUT2D eigenvalue weighted by Gasteiger charge is 2.48. The molecule has 1 rings (SSSR count). The van der Waals surface area contributed by atoms with Gasteiger partial charge in [0.25, 0.3) is 0 Å². The van der Waals surface area contributed by atoms with Gasteiger partial charge in [-0.2, -0.15) is 0 Å². The average molecular weight is 508 g/mol. The number of aliphatic hydroxyl groups is 1. The maximum absolute atomic E-state index is 12.7. The molecule has 0 bridgehead atoms. The van der Waals surface area contributed by atoms with Crippen LogP contribution in [0.3, 0.4) is 0 Å². The lowest BCUT2D eigenvalue weighted by atomic mass is 9.96. The minimum Gasteiger partial charge on any atom is -0.444 e. The molecule has 0 aromatic heterocycles. The van der Waals surface area contributed by atoms with Crippen molar-refractivity contribution in [3.05, 3.63) is 0 Å². The average Bonchev–Trinajstić information content (AvgIpc) is 3.11. The van der Waals surface area contributed by atoms with E-state index in [1.165, 1.54) is 88.4 Å². The van der Waals surface area contributed by atoms with Gasteiger partial charge in [0.2, 0.25) is 0 Å². The van der Waals surface area contributed by atoms with E-state index in [1.54, 1.807) is 0 Å². The molecule has 1 fully saturated rings. The number of rotatable bonds is 16. The Morgan fingerprint density at radius 1 is 1.00 bits per heavy atom. The van der Waals surface area contributed by atoms with Crippen LogP contribution in [0.1, 0.15) is 145 Å². The number of carbonyl (C=O) groups excluding carboxylic acids is 1. The van der Waals surface area contributed by atoms with Gasteiger partial charge in [-0.3, -0.25) is 4.90 Å². The molecule has 36 heavy (non-hydrogen) atoms. The first-order valence-corrected chi connectivity index (χ1v) is 14.8. The summed E-state index contributed by atoms with van der Waals surface area (Å²) in [7, 11) is 0. The molecule has 0 saturated carbocycles. The number of nitrogens with zero attached hydrogens (tertiary/aromatic N) is 1. The second kappa shape index (κ2) is 17.3. The summed E-state index contributed by atoms with van der Waals surface area (Å²) in [6, 6.07) is -0.522. The molecule has 1 amide bonds. The summed E-state index contributed by atoms with van der Waals surface area (Å²) in [5.74, 6) is 6.95. The maximum atomic E-state index is 12.7. The molecule has 5 heteroatoms. The summed E-state index contributed by atoms with van der Waals surface area (Å²) >= 11 is 0. The molecule has 1 saturated heterocycles. The Labute approximate surface area is 223 Å². The van der Waals surface area contributed by atoms with Crippen molar-refractivity contribution < 1.29 is 19.4 Å². The van der Waals surface area contributed by atoms with Crippen LogP contribution in [0.2, 0.25) is 0 Å². The second-order valence-corrected chi connectivity index (χ2v) is 12.3. The van der Waals surface area contributed by atoms with Crippen molar-refractivity contribution in [2.75, 3.05) is 6.61 Å². The smallest absolute Gasteiger partial charge is 0.413 e. The fourth-order valence-corrected chi connectivity index (χ4v) is 4.84. The normalized spacial score (nSPS) is 19.0. The molecule has 1 aliphatic rings. The fourth-order valence-electron chi connectivity index (χ4n) is 4.84. The largest absolute Gasteiger partial charge is 0.444 e. The molecule has 1 heterocycles. The quantitative estimate of drug-likeness (QED) is 0.169. The Morgan fingerprint density at radius 3 is 2.08 bits per heavy atom. The zero-order chi connectivity index (χ0) is 27.0. The number of unbranched alkanes of at least 4 members (excludes halogenated alkanes) is 11. The fraction of sp³-hybridized carbons (Fsp3) is 0.903. The first-order valence-electron chi connectivity index (χ1n) is 14.8. The number of hydrogen-bond acceptors (Lipinski definition) is 4. The predicted octanol–water partition coefficient (Wildman–Crippen LogP) is 8.23. The standard InChI is InChI=1S/C31H57NO4/c1-8-9-10-19-22-26(2)23-20-17-15-13-11-12-14-16-18-21-24-28(33)27-25-35-31(6,7)32(27)29(34)36-30(3,4)5/h26-28,33H,8-20,22-23,25H2,1-7H3/t26-,27+,28-/m1/s1. The van der Waals surface area contributed by atoms with Gasteiger partial charge in [-0.15, -0.1) is 5.92 Å². The number of hydrogen-bond donors (Lipinski definition) is 1. The monoisotopic (exact) mass is 507 g/mol. The molecule has 1 aliphatic heterocycles. The maximum Gasteiger partial charge on any atom is 0.413 e. The lowest BCUT2D eigenvalue weighted by Crippen LogP contribution is -2.53. The van der Waals surface area contributed by atoms with Crippen LogP contribution in [0, 0.1) is 17.8 Å². The molecule has 0 radical (unpaired) electrons. The highest BCUT2D eigenvalue weighted by molar-refractivity contribution is 5.70. The molecule has 210 valence electrons. The van der Waals surface area contributed by atoms with E-state index in [2.05, 4.69) is 25.7 Å². The van der Waals surface area contributed by atoms with Gasteiger partial charge >= 0.3 is 6.09 Å². The zero-order valence-electron chi connectivity index (χ0n) is 24.7. The van der Waals surface area contributed by atoms with Crippen molar-refractivity contribution in [3.63, 3.8) is 0 Å². The van der Waals surface area contributed by atoms with Gasteiger partial charge in [0, 0.05) is 6.42 Å². The van der Waals surface area contributed by atoms with Crippen molar-refractivity contribution in [3.8, 4) is 11.8 Å². The van der Waals surface area contributed by atoms with E-state index < -0.39 is 29.6 Å². The number of ether oxygens (including phenoxy) is 2. The Kier molecular flexibility index (Phi) is 15.7. The van der Waals surface area contributed by atoms with E-state index in [-0.39, 0.29) is 6.61 Å². The van der Waals surface area contributed by atoms with Gasteiger partial charge in [-0.05, 0) is 47.0 Å². The molecule has 0 spiro atoms. The van der Waals surface area contributed by atoms with Gasteiger partial charge in [0.1, 0.15) is 17.4 Å². The first kappa shape index (κ1) is 32.8. The lowest BCUT2D eigenvalue weighted by Gasteiger charge is -2.35. The molecule has 5 nitrogen and oxygen atoms in total. The summed E-state index contributed by atoms with van der Waals surface area (Å²) in [5.41, 5.74) is -1.44. The summed E-state index contributed by atoms with van der Waals surface area (Å²) in [6.07, 6.45) is 18.0. The molecule has 0 aromatic carbocycles. The van der Waals surface area contributed by atoms with Crippen LogP contribution in [0.5, 0.6) is 0 Å². The van der Waals surface area contributed by atoms with Crippen LogP contribution >= 0.6 is 0 Å². The van der Waals surface area contributed by atoms with Crippen LogP contribution in [-0.2, 0) is 9.47 Å². The Hall–Kier alpha value is -1.25. The van der Waals surface area contributed by atoms with E-state index in [4.69, 9.17) is 9.47 Å². The molecule has 0 aliphatic carbocycles. The third kappa shape index (κ3) is 13.9. The van der Waals surface area contributed by atoms with Crippen LogP contribution in [0.4, 0.5) is 4.79 Å². The van der Waals surface area contributed by atoms with E-state index in [0.717, 1.165) is 18.8 Å². The molecule has 0 unspecified atom stereocenters. The van der Waals surface area contributed by atoms with E-state index >= 15 is 0 Å². The SMILES string of the molecule is CCCCCC[C@@H](C)CCCCCCCCCCC#C[C@@H](O)[C@@H]1COC(C)(C)N1C(=O)OC(C)(C)C.